The summed E-state index contributed by atoms with van der Waals surface area (Å²) in [5.74, 6) is 0.868. The Balaban J connectivity index is 2.14. The number of benzene rings is 1. The van der Waals surface area contributed by atoms with Crippen molar-refractivity contribution in [3.63, 3.8) is 0 Å². The highest BCUT2D eigenvalue weighted by Gasteiger charge is 2.05. The van der Waals surface area contributed by atoms with Crippen LogP contribution in [-0.4, -0.2) is 30.3 Å². The van der Waals surface area contributed by atoms with Crippen molar-refractivity contribution >= 4 is 21.7 Å². The average molecular weight is 321 g/mol. The molecule has 0 aliphatic heterocycles. The lowest BCUT2D eigenvalue weighted by atomic mass is 10.1. The molecule has 0 spiro atoms. The zero-order valence-electron chi connectivity index (χ0n) is 10.9. The van der Waals surface area contributed by atoms with E-state index in [2.05, 4.69) is 31.0 Å². The van der Waals surface area contributed by atoms with Crippen LogP contribution in [0.25, 0.3) is 11.3 Å². The predicted molar refractivity (Wildman–Crippen MR) is 82.1 cm³/mol. The van der Waals surface area contributed by atoms with Gasteiger partial charge in [-0.15, -0.1) is 10.2 Å². The Hall–Kier alpha value is -1.46. The zero-order chi connectivity index (χ0) is 13.7. The molecule has 1 aromatic carbocycles. The van der Waals surface area contributed by atoms with Crippen molar-refractivity contribution in [3.05, 3.63) is 40.9 Å². The maximum absolute atomic E-state index is 5.50. The van der Waals surface area contributed by atoms with E-state index in [4.69, 9.17) is 5.73 Å². The minimum atomic E-state index is 0.688. The first-order valence-corrected chi connectivity index (χ1v) is 7.01. The molecule has 2 aromatic rings. The van der Waals surface area contributed by atoms with E-state index < -0.39 is 0 Å². The summed E-state index contributed by atoms with van der Waals surface area (Å²) < 4.78 is 1.04. The molecule has 5 heteroatoms. The number of nitrogens with zero attached hydrogens (tertiary/aromatic N) is 3. The van der Waals surface area contributed by atoms with Gasteiger partial charge in [0.05, 0.1) is 5.69 Å². The van der Waals surface area contributed by atoms with Gasteiger partial charge in [0.1, 0.15) is 0 Å². The van der Waals surface area contributed by atoms with Crippen LogP contribution in [0.5, 0.6) is 0 Å². The summed E-state index contributed by atoms with van der Waals surface area (Å²) in [4.78, 5) is 2.06. The Kier molecular flexibility index (Phi) is 4.87. The highest BCUT2D eigenvalue weighted by atomic mass is 79.9. The molecular weight excluding hydrogens is 304 g/mol. The second kappa shape index (κ2) is 6.63. The van der Waals surface area contributed by atoms with Crippen LogP contribution in [0, 0.1) is 0 Å². The van der Waals surface area contributed by atoms with E-state index in [9.17, 15) is 0 Å². The molecule has 0 amide bonds. The van der Waals surface area contributed by atoms with Gasteiger partial charge in [-0.05, 0) is 37.2 Å². The largest absolute Gasteiger partial charge is 0.358 e. The Morgan fingerprint density at radius 2 is 2.05 bits per heavy atom. The molecule has 0 saturated carbocycles. The summed E-state index contributed by atoms with van der Waals surface area (Å²) in [7, 11) is 2.00. The van der Waals surface area contributed by atoms with E-state index in [0.29, 0.717) is 6.54 Å². The molecule has 19 heavy (non-hydrogen) atoms. The van der Waals surface area contributed by atoms with Gasteiger partial charge in [0.2, 0.25) is 0 Å². The smallest absolute Gasteiger partial charge is 0.151 e. The van der Waals surface area contributed by atoms with Crippen molar-refractivity contribution in [2.45, 2.75) is 6.42 Å². The molecule has 0 atom stereocenters. The van der Waals surface area contributed by atoms with Gasteiger partial charge in [0.15, 0.2) is 5.82 Å². The van der Waals surface area contributed by atoms with Crippen molar-refractivity contribution in [1.82, 2.24) is 10.2 Å². The SMILES string of the molecule is CN(CCCN)c1ccc(-c2cccc(Br)c2)nn1. The van der Waals surface area contributed by atoms with Gasteiger partial charge in [-0.3, -0.25) is 0 Å². The van der Waals surface area contributed by atoms with Gasteiger partial charge >= 0.3 is 0 Å². The Morgan fingerprint density at radius 3 is 2.68 bits per heavy atom. The molecule has 0 aliphatic carbocycles. The molecule has 4 nitrogen and oxygen atoms in total. The first kappa shape index (κ1) is 14.0. The first-order chi connectivity index (χ1) is 9.20. The van der Waals surface area contributed by atoms with Crippen LogP contribution < -0.4 is 10.6 Å². The lowest BCUT2D eigenvalue weighted by Crippen LogP contribution is -2.22. The Morgan fingerprint density at radius 1 is 1.21 bits per heavy atom. The van der Waals surface area contributed by atoms with E-state index in [0.717, 1.165) is 34.5 Å². The lowest BCUT2D eigenvalue weighted by molar-refractivity contribution is 0.778. The van der Waals surface area contributed by atoms with Gasteiger partial charge in [0, 0.05) is 23.6 Å². The molecule has 1 aromatic heterocycles. The van der Waals surface area contributed by atoms with Crippen LogP contribution in [0.2, 0.25) is 0 Å². The molecule has 0 aliphatic rings. The number of rotatable bonds is 5. The number of halogens is 1. The van der Waals surface area contributed by atoms with E-state index in [-0.39, 0.29) is 0 Å². The minimum absolute atomic E-state index is 0.688. The molecule has 100 valence electrons. The maximum atomic E-state index is 5.50. The zero-order valence-corrected chi connectivity index (χ0v) is 12.5. The maximum Gasteiger partial charge on any atom is 0.151 e. The number of aromatic nitrogens is 2. The highest BCUT2D eigenvalue weighted by molar-refractivity contribution is 9.10. The molecule has 0 bridgehead atoms. The van der Waals surface area contributed by atoms with Crippen molar-refractivity contribution in [2.24, 2.45) is 5.73 Å². The quantitative estimate of drug-likeness (QED) is 0.920. The first-order valence-electron chi connectivity index (χ1n) is 6.21. The lowest BCUT2D eigenvalue weighted by Gasteiger charge is -2.16. The van der Waals surface area contributed by atoms with E-state index >= 15 is 0 Å². The van der Waals surface area contributed by atoms with E-state index in [1.807, 2.05) is 43.4 Å². The molecule has 2 rings (SSSR count). The van der Waals surface area contributed by atoms with Crippen molar-refractivity contribution in [2.75, 3.05) is 25.0 Å². The second-order valence-corrected chi connectivity index (χ2v) is 5.27. The monoisotopic (exact) mass is 320 g/mol. The van der Waals surface area contributed by atoms with Crippen LogP contribution in [0.15, 0.2) is 40.9 Å². The van der Waals surface area contributed by atoms with Crippen molar-refractivity contribution in [3.8, 4) is 11.3 Å². The minimum Gasteiger partial charge on any atom is -0.358 e. The van der Waals surface area contributed by atoms with Crippen molar-refractivity contribution in [1.29, 1.82) is 0 Å². The third-order valence-corrected chi connectivity index (χ3v) is 3.35. The van der Waals surface area contributed by atoms with Gasteiger partial charge in [0.25, 0.3) is 0 Å². The molecule has 2 N–H and O–H groups in total. The fraction of sp³-hybridized carbons (Fsp3) is 0.286. The summed E-state index contributed by atoms with van der Waals surface area (Å²) in [5, 5.41) is 8.53. The molecule has 0 fully saturated rings. The molecule has 1 heterocycles. The molecule has 0 saturated heterocycles. The predicted octanol–water partition coefficient (Wildman–Crippen LogP) is 2.69. The normalized spacial score (nSPS) is 10.5. The summed E-state index contributed by atoms with van der Waals surface area (Å²) in [6.07, 6.45) is 0.950. The van der Waals surface area contributed by atoms with E-state index in [1.165, 1.54) is 0 Å². The van der Waals surface area contributed by atoms with Gasteiger partial charge in [-0.25, -0.2) is 0 Å². The van der Waals surface area contributed by atoms with Gasteiger partial charge in [-0.2, -0.15) is 0 Å². The summed E-state index contributed by atoms with van der Waals surface area (Å²) >= 11 is 3.46. The fourth-order valence-electron chi connectivity index (χ4n) is 1.77. The molecular formula is C14H17BrN4. The highest BCUT2D eigenvalue weighted by Crippen LogP contribution is 2.21. The van der Waals surface area contributed by atoms with Crippen LogP contribution >= 0.6 is 15.9 Å². The van der Waals surface area contributed by atoms with Gasteiger partial charge < -0.3 is 10.6 Å². The summed E-state index contributed by atoms with van der Waals surface area (Å²) in [6, 6.07) is 12.0. The topological polar surface area (TPSA) is 55.0 Å². The van der Waals surface area contributed by atoms with Gasteiger partial charge in [-0.1, -0.05) is 28.1 Å². The van der Waals surface area contributed by atoms with Crippen LogP contribution in [0.1, 0.15) is 6.42 Å². The number of nitrogens with two attached hydrogens (primary N) is 1. The van der Waals surface area contributed by atoms with Crippen LogP contribution in [0.3, 0.4) is 0 Å². The molecule has 0 radical (unpaired) electrons. The summed E-state index contributed by atoms with van der Waals surface area (Å²) in [6.45, 7) is 1.58. The number of anilines is 1. The Bertz CT molecular complexity index is 527. The van der Waals surface area contributed by atoms with Crippen molar-refractivity contribution < 1.29 is 0 Å². The standard InChI is InChI=1S/C14H17BrN4/c1-19(9-3-8-16)14-7-6-13(17-18-14)11-4-2-5-12(15)10-11/h2,4-7,10H,3,8-9,16H2,1H3. The molecule has 0 unspecified atom stereocenters. The number of hydrogen-bond acceptors (Lipinski definition) is 4. The summed E-state index contributed by atoms with van der Waals surface area (Å²) in [5.41, 5.74) is 7.43. The van der Waals surface area contributed by atoms with E-state index in [1.54, 1.807) is 0 Å². The third kappa shape index (κ3) is 3.75. The third-order valence-electron chi connectivity index (χ3n) is 2.86. The van der Waals surface area contributed by atoms with Crippen LogP contribution in [-0.2, 0) is 0 Å². The number of hydrogen-bond donors (Lipinski definition) is 1. The second-order valence-electron chi connectivity index (χ2n) is 4.35. The fourth-order valence-corrected chi connectivity index (χ4v) is 2.17. The average Bonchev–Trinajstić information content (AvgIpc) is 2.45. The van der Waals surface area contributed by atoms with Crippen LogP contribution in [0.4, 0.5) is 5.82 Å². The Labute approximate surface area is 121 Å².